The van der Waals surface area contributed by atoms with Gasteiger partial charge in [0.05, 0.1) is 16.3 Å². The lowest BCUT2D eigenvalue weighted by Crippen LogP contribution is -2.27. The van der Waals surface area contributed by atoms with Crippen LogP contribution >= 0.6 is 0 Å². The zero-order valence-electron chi connectivity index (χ0n) is 17.4. The van der Waals surface area contributed by atoms with Gasteiger partial charge in [-0.1, -0.05) is 50.2 Å². The van der Waals surface area contributed by atoms with Gasteiger partial charge in [-0.05, 0) is 43.0 Å². The topological polar surface area (TPSA) is 93.9 Å². The number of hydrogen-bond acceptors (Lipinski definition) is 5. The molecule has 0 aliphatic heterocycles. The summed E-state index contributed by atoms with van der Waals surface area (Å²) in [6.07, 6.45) is 0.304. The standard InChI is InChI=1S/C22H26N4O3S/c1-16(2)19-12-7-8-13-20(19)26-17(3)24-21(25-26)22(27)23-14-9-15-30(28,29)18-10-5-4-6-11-18/h4-8,10-13,16H,9,14-15H2,1-3H3,(H,23,27). The first-order valence-corrected chi connectivity index (χ1v) is 11.5. The Labute approximate surface area is 177 Å². The van der Waals surface area contributed by atoms with Gasteiger partial charge < -0.3 is 5.32 Å². The second kappa shape index (κ2) is 9.21. The number of amides is 1. The number of aromatic nitrogens is 3. The predicted molar refractivity (Wildman–Crippen MR) is 116 cm³/mol. The molecule has 0 aliphatic carbocycles. The molecule has 0 spiro atoms. The monoisotopic (exact) mass is 426 g/mol. The molecule has 0 aliphatic rings. The van der Waals surface area contributed by atoms with Gasteiger partial charge in [0.15, 0.2) is 9.84 Å². The predicted octanol–water partition coefficient (Wildman–Crippen LogP) is 3.29. The van der Waals surface area contributed by atoms with Gasteiger partial charge in [0.25, 0.3) is 5.91 Å². The van der Waals surface area contributed by atoms with Crippen LogP contribution in [0.1, 0.15) is 48.2 Å². The Balaban J connectivity index is 1.63. The Morgan fingerprint density at radius 2 is 1.73 bits per heavy atom. The van der Waals surface area contributed by atoms with E-state index >= 15 is 0 Å². The molecule has 0 atom stereocenters. The van der Waals surface area contributed by atoms with E-state index in [4.69, 9.17) is 0 Å². The van der Waals surface area contributed by atoms with Crippen LogP contribution in [0.2, 0.25) is 0 Å². The van der Waals surface area contributed by atoms with Gasteiger partial charge in [-0.15, -0.1) is 5.10 Å². The fourth-order valence-electron chi connectivity index (χ4n) is 3.17. The van der Waals surface area contributed by atoms with Gasteiger partial charge >= 0.3 is 0 Å². The van der Waals surface area contributed by atoms with Gasteiger partial charge in [-0.25, -0.2) is 18.1 Å². The molecule has 8 heteroatoms. The Kier molecular flexibility index (Phi) is 6.66. The van der Waals surface area contributed by atoms with E-state index < -0.39 is 15.7 Å². The van der Waals surface area contributed by atoms with Crippen molar-refractivity contribution in [2.45, 2.75) is 38.0 Å². The largest absolute Gasteiger partial charge is 0.349 e. The van der Waals surface area contributed by atoms with Crippen LogP contribution in [0.3, 0.4) is 0 Å². The number of benzene rings is 2. The molecule has 1 amide bonds. The average Bonchev–Trinajstić information content (AvgIpc) is 3.13. The van der Waals surface area contributed by atoms with E-state index in [2.05, 4.69) is 29.2 Å². The summed E-state index contributed by atoms with van der Waals surface area (Å²) in [6.45, 7) is 6.22. The lowest BCUT2D eigenvalue weighted by atomic mass is 10.0. The minimum atomic E-state index is -3.36. The third kappa shape index (κ3) is 4.94. The number of aryl methyl sites for hydroxylation is 1. The zero-order valence-corrected chi connectivity index (χ0v) is 18.2. The minimum absolute atomic E-state index is 0.0417. The van der Waals surface area contributed by atoms with Gasteiger partial charge in [0.1, 0.15) is 5.82 Å². The van der Waals surface area contributed by atoms with Crippen LogP contribution in [0.4, 0.5) is 0 Å². The van der Waals surface area contributed by atoms with Crippen molar-refractivity contribution in [1.29, 1.82) is 0 Å². The van der Waals surface area contributed by atoms with E-state index in [0.717, 1.165) is 11.3 Å². The summed E-state index contributed by atoms with van der Waals surface area (Å²) in [5.74, 6) is 0.515. The minimum Gasteiger partial charge on any atom is -0.349 e. The van der Waals surface area contributed by atoms with E-state index in [1.807, 2.05) is 24.3 Å². The van der Waals surface area contributed by atoms with Crippen LogP contribution in [0, 0.1) is 6.92 Å². The van der Waals surface area contributed by atoms with E-state index in [9.17, 15) is 13.2 Å². The van der Waals surface area contributed by atoms with Crippen LogP contribution in [-0.2, 0) is 9.84 Å². The quantitative estimate of drug-likeness (QED) is 0.558. The number of nitrogens with zero attached hydrogens (tertiary/aromatic N) is 3. The highest BCUT2D eigenvalue weighted by Gasteiger charge is 2.18. The van der Waals surface area contributed by atoms with E-state index in [0.29, 0.717) is 18.2 Å². The lowest BCUT2D eigenvalue weighted by Gasteiger charge is -2.12. The second-order valence-corrected chi connectivity index (χ2v) is 9.46. The molecule has 1 aromatic heterocycles. The smallest absolute Gasteiger partial charge is 0.290 e. The fourth-order valence-corrected chi connectivity index (χ4v) is 4.50. The molecule has 0 radical (unpaired) electrons. The first kappa shape index (κ1) is 21.7. The zero-order chi connectivity index (χ0) is 21.7. The Hall–Kier alpha value is -3.00. The van der Waals surface area contributed by atoms with E-state index in [1.54, 1.807) is 41.9 Å². The number of hydrogen-bond donors (Lipinski definition) is 1. The first-order valence-electron chi connectivity index (χ1n) is 9.88. The van der Waals surface area contributed by atoms with Crippen molar-refractivity contribution in [3.63, 3.8) is 0 Å². The van der Waals surface area contributed by atoms with Gasteiger partial charge in [-0.2, -0.15) is 0 Å². The molecule has 1 heterocycles. The molecular weight excluding hydrogens is 400 g/mol. The summed E-state index contributed by atoms with van der Waals surface area (Å²) < 4.78 is 26.3. The van der Waals surface area contributed by atoms with Crippen LogP contribution in [0.25, 0.3) is 5.69 Å². The summed E-state index contributed by atoms with van der Waals surface area (Å²) in [5, 5.41) is 7.08. The highest BCUT2D eigenvalue weighted by atomic mass is 32.2. The highest BCUT2D eigenvalue weighted by Crippen LogP contribution is 2.23. The van der Waals surface area contributed by atoms with E-state index in [1.165, 1.54) is 0 Å². The first-order chi connectivity index (χ1) is 14.3. The number of para-hydroxylation sites is 1. The molecule has 3 aromatic rings. The van der Waals surface area contributed by atoms with Gasteiger partial charge in [-0.3, -0.25) is 4.79 Å². The number of carbonyl (C=O) groups excluding carboxylic acids is 1. The third-order valence-corrected chi connectivity index (χ3v) is 6.55. The van der Waals surface area contributed by atoms with Crippen molar-refractivity contribution in [1.82, 2.24) is 20.1 Å². The Morgan fingerprint density at radius 3 is 2.43 bits per heavy atom. The van der Waals surface area contributed by atoms with Crippen LogP contribution < -0.4 is 5.32 Å². The van der Waals surface area contributed by atoms with Crippen molar-refractivity contribution in [3.8, 4) is 5.69 Å². The Bertz CT molecular complexity index is 1120. The maximum absolute atomic E-state index is 12.5. The lowest BCUT2D eigenvalue weighted by molar-refractivity contribution is 0.0943. The number of sulfone groups is 1. The van der Waals surface area contributed by atoms with Gasteiger partial charge in [0, 0.05) is 6.54 Å². The van der Waals surface area contributed by atoms with Crippen LogP contribution in [0.5, 0.6) is 0 Å². The number of rotatable bonds is 8. The molecule has 0 saturated carbocycles. The number of carbonyl (C=O) groups is 1. The van der Waals surface area contributed by atoms with Crippen molar-refractivity contribution < 1.29 is 13.2 Å². The highest BCUT2D eigenvalue weighted by molar-refractivity contribution is 7.91. The van der Waals surface area contributed by atoms with Crippen molar-refractivity contribution >= 4 is 15.7 Å². The van der Waals surface area contributed by atoms with Crippen molar-refractivity contribution in [2.75, 3.05) is 12.3 Å². The van der Waals surface area contributed by atoms with Crippen molar-refractivity contribution in [3.05, 3.63) is 71.8 Å². The fraction of sp³-hybridized carbons (Fsp3) is 0.318. The third-order valence-electron chi connectivity index (χ3n) is 4.74. The molecule has 30 heavy (non-hydrogen) atoms. The summed E-state index contributed by atoms with van der Waals surface area (Å²) in [4.78, 5) is 17.0. The van der Waals surface area contributed by atoms with E-state index in [-0.39, 0.29) is 23.0 Å². The molecule has 0 saturated heterocycles. The summed E-state index contributed by atoms with van der Waals surface area (Å²) in [6, 6.07) is 16.2. The summed E-state index contributed by atoms with van der Waals surface area (Å²) >= 11 is 0. The molecular formula is C22H26N4O3S. The van der Waals surface area contributed by atoms with Crippen LogP contribution in [0.15, 0.2) is 59.5 Å². The average molecular weight is 427 g/mol. The van der Waals surface area contributed by atoms with Crippen molar-refractivity contribution in [2.24, 2.45) is 0 Å². The molecule has 2 aromatic carbocycles. The van der Waals surface area contributed by atoms with Crippen LogP contribution in [-0.4, -0.2) is 41.4 Å². The molecule has 0 fully saturated rings. The Morgan fingerprint density at radius 1 is 1.07 bits per heavy atom. The normalized spacial score (nSPS) is 11.6. The molecule has 0 bridgehead atoms. The second-order valence-electron chi connectivity index (χ2n) is 7.35. The summed E-state index contributed by atoms with van der Waals surface area (Å²) in [7, 11) is -3.36. The SMILES string of the molecule is Cc1nc(C(=O)NCCCS(=O)(=O)c2ccccc2)nn1-c1ccccc1C(C)C. The molecule has 0 unspecified atom stereocenters. The maximum atomic E-state index is 12.5. The summed E-state index contributed by atoms with van der Waals surface area (Å²) in [5.41, 5.74) is 2.01. The van der Waals surface area contributed by atoms with Gasteiger partial charge in [0.2, 0.25) is 5.82 Å². The number of nitrogens with one attached hydrogen (secondary N) is 1. The molecule has 158 valence electrons. The molecule has 1 N–H and O–H groups in total. The molecule has 3 rings (SSSR count). The molecule has 7 nitrogen and oxygen atoms in total. The maximum Gasteiger partial charge on any atom is 0.290 e.